The Bertz CT molecular complexity index is 754. The first kappa shape index (κ1) is 13.0. The minimum absolute atomic E-state index is 0.0467. The molecule has 1 aliphatic rings. The van der Waals surface area contributed by atoms with Gasteiger partial charge in [0.1, 0.15) is 0 Å². The minimum atomic E-state index is -3.60. The Balaban J connectivity index is 1.93. The van der Waals surface area contributed by atoms with E-state index in [-0.39, 0.29) is 17.5 Å². The molecule has 9 heteroatoms. The number of aromatic nitrogens is 4. The summed E-state index contributed by atoms with van der Waals surface area (Å²) in [6, 6.07) is 0. The minimum Gasteiger partial charge on any atom is -0.368 e. The van der Waals surface area contributed by atoms with Crippen molar-refractivity contribution in [3.05, 3.63) is 30.0 Å². The van der Waals surface area contributed by atoms with Crippen molar-refractivity contribution in [3.8, 4) is 0 Å². The molecule has 0 atom stereocenters. The Labute approximate surface area is 116 Å². The van der Waals surface area contributed by atoms with Crippen molar-refractivity contribution in [1.29, 1.82) is 0 Å². The number of nitrogens with zero attached hydrogens (tertiary/aromatic N) is 5. The fourth-order valence-corrected chi connectivity index (χ4v) is 3.52. The molecule has 0 saturated heterocycles. The van der Waals surface area contributed by atoms with Gasteiger partial charge >= 0.3 is 0 Å². The summed E-state index contributed by atoms with van der Waals surface area (Å²) in [6.07, 6.45) is 5.17. The van der Waals surface area contributed by atoms with E-state index < -0.39 is 10.0 Å². The normalized spacial score (nSPS) is 16.1. The number of nitrogens with two attached hydrogens (primary N) is 1. The molecule has 3 heterocycles. The highest BCUT2D eigenvalue weighted by Crippen LogP contribution is 2.22. The number of nitrogen functional groups attached to an aromatic ring is 1. The third kappa shape index (κ3) is 2.14. The van der Waals surface area contributed by atoms with E-state index >= 15 is 0 Å². The molecule has 0 aromatic carbocycles. The monoisotopic (exact) mass is 294 g/mol. The lowest BCUT2D eigenvalue weighted by molar-refractivity contribution is 0.383. The number of rotatable bonds is 2. The van der Waals surface area contributed by atoms with Gasteiger partial charge in [0.05, 0.1) is 18.6 Å². The summed E-state index contributed by atoms with van der Waals surface area (Å²) in [7, 11) is -1.87. The van der Waals surface area contributed by atoms with Gasteiger partial charge in [-0.05, 0) is 12.0 Å². The van der Waals surface area contributed by atoms with Gasteiger partial charge in [0, 0.05) is 26.0 Å². The number of sulfonamides is 1. The number of hydrogen-bond acceptors (Lipinski definition) is 6. The SMILES string of the molecule is Cn1cnc(S(=O)(=O)N2CCc3cnc(N)nc3C2)c1. The van der Waals surface area contributed by atoms with E-state index in [1.54, 1.807) is 17.8 Å². The molecule has 1 aliphatic heterocycles. The van der Waals surface area contributed by atoms with Crippen molar-refractivity contribution in [2.24, 2.45) is 7.05 Å². The van der Waals surface area contributed by atoms with Crippen LogP contribution >= 0.6 is 0 Å². The van der Waals surface area contributed by atoms with Crippen molar-refractivity contribution in [2.75, 3.05) is 12.3 Å². The number of fused-ring (bicyclic) bond motifs is 1. The van der Waals surface area contributed by atoms with Crippen molar-refractivity contribution in [3.63, 3.8) is 0 Å². The molecule has 0 radical (unpaired) electrons. The van der Waals surface area contributed by atoms with Crippen LogP contribution in [0.5, 0.6) is 0 Å². The van der Waals surface area contributed by atoms with Crippen LogP contribution in [0.15, 0.2) is 23.7 Å². The van der Waals surface area contributed by atoms with Crippen molar-refractivity contribution < 1.29 is 8.42 Å². The average molecular weight is 294 g/mol. The molecule has 0 aliphatic carbocycles. The van der Waals surface area contributed by atoms with E-state index in [2.05, 4.69) is 15.0 Å². The molecule has 0 saturated carbocycles. The van der Waals surface area contributed by atoms with Gasteiger partial charge in [-0.3, -0.25) is 0 Å². The zero-order valence-electron chi connectivity index (χ0n) is 10.9. The summed E-state index contributed by atoms with van der Waals surface area (Å²) in [5.41, 5.74) is 7.14. The Kier molecular flexibility index (Phi) is 2.94. The highest BCUT2D eigenvalue weighted by Gasteiger charge is 2.30. The molecule has 0 fully saturated rings. The quantitative estimate of drug-likeness (QED) is 0.803. The Morgan fingerprint density at radius 1 is 1.35 bits per heavy atom. The summed E-state index contributed by atoms with van der Waals surface area (Å²) in [5, 5.41) is 0.0467. The number of imidazole rings is 1. The second kappa shape index (κ2) is 4.53. The van der Waals surface area contributed by atoms with Gasteiger partial charge in [0.2, 0.25) is 5.95 Å². The van der Waals surface area contributed by atoms with E-state index in [1.807, 2.05) is 0 Å². The predicted molar refractivity (Wildman–Crippen MR) is 71.0 cm³/mol. The number of anilines is 1. The average Bonchev–Trinajstić information content (AvgIpc) is 2.85. The van der Waals surface area contributed by atoms with Crippen LogP contribution in [0.1, 0.15) is 11.3 Å². The van der Waals surface area contributed by atoms with E-state index in [1.165, 1.54) is 16.8 Å². The first-order chi connectivity index (χ1) is 9.46. The predicted octanol–water partition coefficient (Wildman–Crippen LogP) is -0.461. The second-order valence-electron chi connectivity index (χ2n) is 4.67. The summed E-state index contributed by atoms with van der Waals surface area (Å²) >= 11 is 0. The topological polar surface area (TPSA) is 107 Å². The van der Waals surface area contributed by atoms with E-state index in [0.717, 1.165) is 5.56 Å². The van der Waals surface area contributed by atoms with Gasteiger partial charge in [0.25, 0.3) is 10.0 Å². The van der Waals surface area contributed by atoms with E-state index in [4.69, 9.17) is 5.73 Å². The molecule has 106 valence electrons. The van der Waals surface area contributed by atoms with Crippen LogP contribution in [0.2, 0.25) is 0 Å². The van der Waals surface area contributed by atoms with Gasteiger partial charge in [-0.2, -0.15) is 4.31 Å². The van der Waals surface area contributed by atoms with E-state index in [0.29, 0.717) is 18.7 Å². The molecule has 0 spiro atoms. The Hall–Kier alpha value is -2.00. The van der Waals surface area contributed by atoms with Gasteiger partial charge < -0.3 is 10.3 Å². The molecule has 0 unspecified atom stereocenters. The van der Waals surface area contributed by atoms with Gasteiger partial charge in [-0.15, -0.1) is 0 Å². The van der Waals surface area contributed by atoms with E-state index in [9.17, 15) is 8.42 Å². The van der Waals surface area contributed by atoms with Crippen molar-refractivity contribution in [2.45, 2.75) is 18.0 Å². The maximum atomic E-state index is 12.5. The molecule has 2 aromatic rings. The molecule has 20 heavy (non-hydrogen) atoms. The maximum absolute atomic E-state index is 12.5. The first-order valence-electron chi connectivity index (χ1n) is 6.05. The maximum Gasteiger partial charge on any atom is 0.262 e. The lowest BCUT2D eigenvalue weighted by atomic mass is 10.1. The summed E-state index contributed by atoms with van der Waals surface area (Å²) in [4.78, 5) is 11.9. The Morgan fingerprint density at radius 3 is 2.85 bits per heavy atom. The summed E-state index contributed by atoms with van der Waals surface area (Å²) in [6.45, 7) is 0.583. The van der Waals surface area contributed by atoms with Crippen LogP contribution in [0.3, 0.4) is 0 Å². The van der Waals surface area contributed by atoms with Crippen LogP contribution in [0.4, 0.5) is 5.95 Å². The van der Waals surface area contributed by atoms with Crippen LogP contribution in [0.25, 0.3) is 0 Å². The van der Waals surface area contributed by atoms with Gasteiger partial charge in [0.15, 0.2) is 5.03 Å². The van der Waals surface area contributed by atoms with Gasteiger partial charge in [-0.1, -0.05) is 0 Å². The fourth-order valence-electron chi connectivity index (χ4n) is 2.15. The highest BCUT2D eigenvalue weighted by molar-refractivity contribution is 7.89. The molecule has 2 N–H and O–H groups in total. The first-order valence-corrected chi connectivity index (χ1v) is 7.49. The number of aryl methyl sites for hydroxylation is 1. The van der Waals surface area contributed by atoms with Crippen LogP contribution in [-0.4, -0.2) is 38.8 Å². The standard InChI is InChI=1S/C11H14N6O2S/c1-16-6-10(14-7-16)20(18,19)17-3-2-8-4-13-11(12)15-9(8)5-17/h4,6-7H,2-3,5H2,1H3,(H2,12,13,15). The zero-order valence-corrected chi connectivity index (χ0v) is 11.7. The Morgan fingerprint density at radius 2 is 2.15 bits per heavy atom. The van der Waals surface area contributed by atoms with Crippen LogP contribution in [0, 0.1) is 0 Å². The summed E-state index contributed by atoms with van der Waals surface area (Å²) < 4.78 is 27.9. The van der Waals surface area contributed by atoms with Crippen molar-refractivity contribution in [1.82, 2.24) is 23.8 Å². The summed E-state index contributed by atoms with van der Waals surface area (Å²) in [5.74, 6) is 0.154. The number of hydrogen-bond donors (Lipinski definition) is 1. The van der Waals surface area contributed by atoms with Crippen LogP contribution < -0.4 is 5.73 Å². The van der Waals surface area contributed by atoms with Crippen molar-refractivity contribution >= 4 is 16.0 Å². The lowest BCUT2D eigenvalue weighted by Gasteiger charge is -2.26. The highest BCUT2D eigenvalue weighted by atomic mass is 32.2. The molecule has 0 bridgehead atoms. The smallest absolute Gasteiger partial charge is 0.262 e. The molecule has 2 aromatic heterocycles. The van der Waals surface area contributed by atoms with Crippen LogP contribution in [-0.2, 0) is 30.0 Å². The molecule has 8 nitrogen and oxygen atoms in total. The molecular weight excluding hydrogens is 280 g/mol. The fraction of sp³-hybridized carbons (Fsp3) is 0.364. The largest absolute Gasteiger partial charge is 0.368 e. The third-order valence-electron chi connectivity index (χ3n) is 3.21. The molecule has 0 amide bonds. The third-order valence-corrected chi connectivity index (χ3v) is 4.95. The molecule has 3 rings (SSSR count). The zero-order chi connectivity index (χ0) is 14.3. The lowest BCUT2D eigenvalue weighted by Crippen LogP contribution is -2.36. The van der Waals surface area contributed by atoms with Gasteiger partial charge in [-0.25, -0.2) is 23.4 Å². The molecular formula is C11H14N6O2S. The second-order valence-corrected chi connectivity index (χ2v) is 6.55.